The van der Waals surface area contributed by atoms with Gasteiger partial charge in [-0.05, 0) is 26.0 Å². The van der Waals surface area contributed by atoms with Gasteiger partial charge < -0.3 is 5.32 Å². The monoisotopic (exact) mass is 219 g/mol. The van der Waals surface area contributed by atoms with E-state index in [1.165, 1.54) is 13.8 Å². The minimum atomic E-state index is -0.367. The standard InChI is InChI=1S/C12H13NO3/c1-8(14)6-12(16)13-11-5-3-4-10(7-11)9(2)15/h3-5,7H,6H2,1-2H3,(H,13,16). The van der Waals surface area contributed by atoms with Crippen molar-refractivity contribution in [2.45, 2.75) is 20.3 Å². The lowest BCUT2D eigenvalue weighted by atomic mass is 10.1. The summed E-state index contributed by atoms with van der Waals surface area (Å²) < 4.78 is 0. The topological polar surface area (TPSA) is 63.2 Å². The van der Waals surface area contributed by atoms with Crippen molar-refractivity contribution in [3.8, 4) is 0 Å². The molecule has 1 N–H and O–H groups in total. The Hall–Kier alpha value is -1.97. The maximum Gasteiger partial charge on any atom is 0.231 e. The number of nitrogens with one attached hydrogen (secondary N) is 1. The molecule has 0 aliphatic heterocycles. The first-order valence-electron chi connectivity index (χ1n) is 4.89. The Kier molecular flexibility index (Phi) is 3.94. The fraction of sp³-hybridized carbons (Fsp3) is 0.250. The second-order valence-electron chi connectivity index (χ2n) is 3.56. The molecule has 1 amide bonds. The number of carbonyl (C=O) groups is 3. The first kappa shape index (κ1) is 12.1. The Bertz CT molecular complexity index is 438. The second kappa shape index (κ2) is 5.21. The Morgan fingerprint density at radius 1 is 1.19 bits per heavy atom. The Labute approximate surface area is 93.7 Å². The van der Waals surface area contributed by atoms with E-state index in [-0.39, 0.29) is 23.9 Å². The fourth-order valence-electron chi connectivity index (χ4n) is 1.25. The zero-order valence-corrected chi connectivity index (χ0v) is 9.24. The third kappa shape index (κ3) is 3.65. The SMILES string of the molecule is CC(=O)CC(=O)Nc1cccc(C(C)=O)c1. The lowest BCUT2D eigenvalue weighted by molar-refractivity contribution is -0.124. The highest BCUT2D eigenvalue weighted by Gasteiger charge is 2.06. The van der Waals surface area contributed by atoms with Gasteiger partial charge >= 0.3 is 0 Å². The van der Waals surface area contributed by atoms with Gasteiger partial charge in [-0.3, -0.25) is 14.4 Å². The minimum Gasteiger partial charge on any atom is -0.326 e. The van der Waals surface area contributed by atoms with Crippen LogP contribution in [0.3, 0.4) is 0 Å². The van der Waals surface area contributed by atoms with Gasteiger partial charge in [0.2, 0.25) is 5.91 Å². The van der Waals surface area contributed by atoms with Gasteiger partial charge in [0.1, 0.15) is 5.78 Å². The molecular formula is C12H13NO3. The molecule has 0 radical (unpaired) electrons. The van der Waals surface area contributed by atoms with Crippen molar-refractivity contribution in [2.24, 2.45) is 0 Å². The average molecular weight is 219 g/mol. The van der Waals surface area contributed by atoms with Crippen LogP contribution in [-0.2, 0) is 9.59 Å². The van der Waals surface area contributed by atoms with Crippen LogP contribution in [0.5, 0.6) is 0 Å². The van der Waals surface area contributed by atoms with Gasteiger partial charge in [0.25, 0.3) is 0 Å². The molecule has 0 saturated heterocycles. The number of hydrogen-bond acceptors (Lipinski definition) is 3. The maximum absolute atomic E-state index is 11.3. The summed E-state index contributed by atoms with van der Waals surface area (Å²) in [6.07, 6.45) is -0.149. The quantitative estimate of drug-likeness (QED) is 0.620. The van der Waals surface area contributed by atoms with E-state index in [4.69, 9.17) is 0 Å². The molecule has 1 aromatic carbocycles. The lowest BCUT2D eigenvalue weighted by Gasteiger charge is -2.04. The largest absolute Gasteiger partial charge is 0.326 e. The van der Waals surface area contributed by atoms with Crippen molar-refractivity contribution >= 4 is 23.2 Å². The van der Waals surface area contributed by atoms with Crippen LogP contribution >= 0.6 is 0 Å². The van der Waals surface area contributed by atoms with Gasteiger partial charge in [0.05, 0.1) is 6.42 Å². The molecule has 0 aromatic heterocycles. The minimum absolute atomic E-state index is 0.0670. The van der Waals surface area contributed by atoms with Gasteiger partial charge in [-0.15, -0.1) is 0 Å². The van der Waals surface area contributed by atoms with Gasteiger partial charge in [-0.1, -0.05) is 12.1 Å². The van der Waals surface area contributed by atoms with E-state index in [0.717, 1.165) is 0 Å². The van der Waals surface area contributed by atoms with Crippen molar-refractivity contribution in [3.05, 3.63) is 29.8 Å². The number of benzene rings is 1. The molecule has 1 rings (SSSR count). The van der Waals surface area contributed by atoms with Crippen molar-refractivity contribution < 1.29 is 14.4 Å². The van der Waals surface area contributed by atoms with Crippen LogP contribution in [0.25, 0.3) is 0 Å². The van der Waals surface area contributed by atoms with Gasteiger partial charge in [0.15, 0.2) is 5.78 Å². The smallest absolute Gasteiger partial charge is 0.231 e. The van der Waals surface area contributed by atoms with Crippen LogP contribution < -0.4 is 5.32 Å². The second-order valence-corrected chi connectivity index (χ2v) is 3.56. The molecule has 0 fully saturated rings. The summed E-state index contributed by atoms with van der Waals surface area (Å²) in [7, 11) is 0. The highest BCUT2D eigenvalue weighted by molar-refractivity contribution is 6.04. The van der Waals surface area contributed by atoms with E-state index in [2.05, 4.69) is 5.32 Å². The molecular weight excluding hydrogens is 206 g/mol. The number of Topliss-reactive ketones (excluding diaryl/α,β-unsaturated/α-hetero) is 2. The predicted octanol–water partition coefficient (Wildman–Crippen LogP) is 1.81. The Morgan fingerprint density at radius 3 is 2.44 bits per heavy atom. The lowest BCUT2D eigenvalue weighted by Crippen LogP contribution is -2.14. The van der Waals surface area contributed by atoms with Crippen LogP contribution in [0, 0.1) is 0 Å². The molecule has 4 nitrogen and oxygen atoms in total. The number of hydrogen-bond donors (Lipinski definition) is 1. The summed E-state index contributed by atoms with van der Waals surface area (Å²) >= 11 is 0. The summed E-state index contributed by atoms with van der Waals surface area (Å²) in [4.78, 5) is 33.1. The van der Waals surface area contributed by atoms with Crippen molar-refractivity contribution in [1.82, 2.24) is 0 Å². The maximum atomic E-state index is 11.3. The number of ketones is 2. The Morgan fingerprint density at radius 2 is 1.88 bits per heavy atom. The molecule has 16 heavy (non-hydrogen) atoms. The molecule has 84 valence electrons. The van der Waals surface area contributed by atoms with Gasteiger partial charge in [0, 0.05) is 11.3 Å². The highest BCUT2D eigenvalue weighted by atomic mass is 16.2. The third-order valence-corrected chi connectivity index (χ3v) is 1.96. The van der Waals surface area contributed by atoms with Crippen LogP contribution in [0.4, 0.5) is 5.69 Å². The molecule has 0 bridgehead atoms. The Balaban J connectivity index is 2.74. The molecule has 0 saturated carbocycles. The first-order valence-corrected chi connectivity index (χ1v) is 4.89. The summed E-state index contributed by atoms with van der Waals surface area (Å²) in [5, 5.41) is 2.56. The normalized spacial score (nSPS) is 9.62. The van der Waals surface area contributed by atoms with E-state index < -0.39 is 0 Å². The number of carbonyl (C=O) groups excluding carboxylic acids is 3. The molecule has 0 atom stereocenters. The number of rotatable bonds is 4. The zero-order chi connectivity index (χ0) is 12.1. The number of amides is 1. The van der Waals surface area contributed by atoms with E-state index >= 15 is 0 Å². The molecule has 0 spiro atoms. The molecule has 1 aromatic rings. The molecule has 0 heterocycles. The van der Waals surface area contributed by atoms with Crippen molar-refractivity contribution in [2.75, 3.05) is 5.32 Å². The van der Waals surface area contributed by atoms with Crippen LogP contribution in [0.2, 0.25) is 0 Å². The predicted molar refractivity (Wildman–Crippen MR) is 60.4 cm³/mol. The van der Waals surface area contributed by atoms with Gasteiger partial charge in [-0.25, -0.2) is 0 Å². The number of anilines is 1. The zero-order valence-electron chi connectivity index (χ0n) is 9.24. The van der Waals surface area contributed by atoms with E-state index in [0.29, 0.717) is 11.3 Å². The van der Waals surface area contributed by atoms with E-state index in [1.54, 1.807) is 24.3 Å². The van der Waals surface area contributed by atoms with Crippen LogP contribution in [0.15, 0.2) is 24.3 Å². The summed E-state index contributed by atoms with van der Waals surface area (Å²) in [5.74, 6) is -0.629. The third-order valence-electron chi connectivity index (χ3n) is 1.96. The highest BCUT2D eigenvalue weighted by Crippen LogP contribution is 2.11. The van der Waals surface area contributed by atoms with Crippen LogP contribution in [-0.4, -0.2) is 17.5 Å². The first-order chi connectivity index (χ1) is 7.49. The molecule has 0 unspecified atom stereocenters. The van der Waals surface area contributed by atoms with E-state index in [1.807, 2.05) is 0 Å². The summed E-state index contributed by atoms with van der Waals surface area (Å²) in [6.45, 7) is 2.81. The molecule has 0 aliphatic carbocycles. The molecule has 4 heteroatoms. The summed E-state index contributed by atoms with van der Waals surface area (Å²) in [5.41, 5.74) is 1.06. The van der Waals surface area contributed by atoms with Crippen LogP contribution in [0.1, 0.15) is 30.6 Å². The van der Waals surface area contributed by atoms with Crippen molar-refractivity contribution in [1.29, 1.82) is 0 Å². The van der Waals surface area contributed by atoms with Crippen molar-refractivity contribution in [3.63, 3.8) is 0 Å². The van der Waals surface area contributed by atoms with Gasteiger partial charge in [-0.2, -0.15) is 0 Å². The summed E-state index contributed by atoms with van der Waals surface area (Å²) in [6, 6.07) is 6.61. The average Bonchev–Trinajstić information content (AvgIpc) is 2.16. The fourth-order valence-corrected chi connectivity index (χ4v) is 1.25. The van der Waals surface area contributed by atoms with E-state index in [9.17, 15) is 14.4 Å². The molecule has 0 aliphatic rings.